The molecule has 1 rings (SSSR count). The van der Waals surface area contributed by atoms with E-state index >= 15 is 0 Å². The lowest BCUT2D eigenvalue weighted by molar-refractivity contribution is -0.146. The molecule has 4 N–H and O–H groups in total. The van der Waals surface area contributed by atoms with Crippen LogP contribution in [-0.4, -0.2) is 35.6 Å². The van der Waals surface area contributed by atoms with Crippen LogP contribution in [0.3, 0.4) is 0 Å². The maximum absolute atomic E-state index is 11.1. The molecule has 1 aliphatic rings. The Bertz CT molecular complexity index is 357. The highest BCUT2D eigenvalue weighted by Crippen LogP contribution is 2.42. The van der Waals surface area contributed by atoms with Gasteiger partial charge in [-0.15, -0.1) is 6.58 Å². The summed E-state index contributed by atoms with van der Waals surface area (Å²) in [6.07, 6.45) is 2.38. The van der Waals surface area contributed by atoms with E-state index in [0.29, 0.717) is 13.0 Å². The summed E-state index contributed by atoms with van der Waals surface area (Å²) in [5.74, 6) is -0.188. The fourth-order valence-corrected chi connectivity index (χ4v) is 1.10. The quantitative estimate of drug-likeness (QED) is 0.361. The van der Waals surface area contributed by atoms with E-state index in [-0.39, 0.29) is 11.9 Å². The first-order chi connectivity index (χ1) is 7.15. The van der Waals surface area contributed by atoms with Gasteiger partial charge in [0.15, 0.2) is 0 Å². The van der Waals surface area contributed by atoms with Gasteiger partial charge in [-0.05, 0) is 13.3 Å². The minimum atomic E-state index is -4.67. The number of rotatable bonds is 3. The van der Waals surface area contributed by atoms with Crippen molar-refractivity contribution in [1.29, 1.82) is 0 Å². The van der Waals surface area contributed by atoms with Gasteiger partial charge >= 0.3 is 16.4 Å². The van der Waals surface area contributed by atoms with Crippen molar-refractivity contribution in [3.63, 3.8) is 0 Å². The predicted molar refractivity (Wildman–Crippen MR) is 56.0 cm³/mol. The Hall–Kier alpha value is -0.960. The largest absolute Gasteiger partial charge is 0.465 e. The molecule has 0 amide bonds. The van der Waals surface area contributed by atoms with E-state index in [2.05, 4.69) is 6.58 Å². The van der Waals surface area contributed by atoms with E-state index in [0.717, 1.165) is 0 Å². The summed E-state index contributed by atoms with van der Waals surface area (Å²) in [6.45, 7) is 5.73. The molecule has 0 saturated heterocycles. The fraction of sp³-hybridized carbons (Fsp3) is 0.625. The number of nitrogens with two attached hydrogens (primary N) is 1. The molecule has 1 fully saturated rings. The van der Waals surface area contributed by atoms with Crippen molar-refractivity contribution in [2.45, 2.75) is 18.9 Å². The predicted octanol–water partition coefficient (Wildman–Crippen LogP) is -0.200. The number of esters is 1. The Morgan fingerprint density at radius 3 is 2.38 bits per heavy atom. The molecule has 2 atom stereocenters. The van der Waals surface area contributed by atoms with Crippen LogP contribution in [-0.2, 0) is 19.9 Å². The first kappa shape index (κ1) is 15.0. The first-order valence-electron chi connectivity index (χ1n) is 4.43. The van der Waals surface area contributed by atoms with Gasteiger partial charge in [0.05, 0.1) is 6.61 Å². The molecular formula is C8H15NO6S. The van der Waals surface area contributed by atoms with Crippen LogP contribution in [0.25, 0.3) is 0 Å². The second-order valence-corrected chi connectivity index (χ2v) is 4.15. The van der Waals surface area contributed by atoms with Gasteiger partial charge in [-0.1, -0.05) is 6.08 Å². The van der Waals surface area contributed by atoms with Crippen LogP contribution < -0.4 is 5.73 Å². The summed E-state index contributed by atoms with van der Waals surface area (Å²) >= 11 is 0. The van der Waals surface area contributed by atoms with E-state index in [1.807, 2.05) is 0 Å². The van der Waals surface area contributed by atoms with Crippen molar-refractivity contribution in [2.24, 2.45) is 11.7 Å². The molecule has 0 bridgehead atoms. The zero-order chi connectivity index (χ0) is 13.0. The molecule has 0 aliphatic heterocycles. The van der Waals surface area contributed by atoms with Gasteiger partial charge in [0.1, 0.15) is 5.54 Å². The average Bonchev–Trinajstić information content (AvgIpc) is 2.76. The third-order valence-corrected chi connectivity index (χ3v) is 2.00. The monoisotopic (exact) mass is 253 g/mol. The van der Waals surface area contributed by atoms with E-state index in [4.69, 9.17) is 28.0 Å². The van der Waals surface area contributed by atoms with Gasteiger partial charge in [-0.2, -0.15) is 8.42 Å². The maximum atomic E-state index is 11.1. The highest BCUT2D eigenvalue weighted by Gasteiger charge is 2.56. The van der Waals surface area contributed by atoms with Crippen molar-refractivity contribution in [3.8, 4) is 0 Å². The summed E-state index contributed by atoms with van der Waals surface area (Å²) in [6, 6.07) is 0. The molecule has 1 aliphatic carbocycles. The van der Waals surface area contributed by atoms with Crippen LogP contribution in [0.2, 0.25) is 0 Å². The molecule has 0 aromatic rings. The molecular weight excluding hydrogens is 238 g/mol. The molecule has 0 aromatic carbocycles. The Morgan fingerprint density at radius 1 is 1.69 bits per heavy atom. The van der Waals surface area contributed by atoms with Gasteiger partial charge < -0.3 is 10.5 Å². The fourth-order valence-electron chi connectivity index (χ4n) is 1.10. The standard InChI is InChI=1S/C8H13NO2.H2O4S/c1-3-6-5-8(6,9)7(10)11-4-2;1-5(2,3)4/h3,6H,1,4-5,9H2,2H3;(H2,1,2,3,4)/t6-,8-;/m1./s1. The molecule has 8 heteroatoms. The van der Waals surface area contributed by atoms with Crippen molar-refractivity contribution >= 4 is 16.4 Å². The number of ether oxygens (including phenoxy) is 1. The lowest BCUT2D eigenvalue weighted by Crippen LogP contribution is -2.36. The molecule has 0 spiro atoms. The third-order valence-electron chi connectivity index (χ3n) is 2.00. The first-order valence-corrected chi connectivity index (χ1v) is 5.83. The van der Waals surface area contributed by atoms with Crippen molar-refractivity contribution in [2.75, 3.05) is 6.61 Å². The average molecular weight is 253 g/mol. The minimum absolute atomic E-state index is 0.113. The van der Waals surface area contributed by atoms with Crippen molar-refractivity contribution < 1.29 is 27.1 Å². The van der Waals surface area contributed by atoms with E-state index in [1.54, 1.807) is 13.0 Å². The van der Waals surface area contributed by atoms with E-state index in [1.165, 1.54) is 0 Å². The molecule has 1 saturated carbocycles. The van der Waals surface area contributed by atoms with Crippen LogP contribution in [0.4, 0.5) is 0 Å². The number of carbonyl (C=O) groups excluding carboxylic acids is 1. The van der Waals surface area contributed by atoms with Crippen LogP contribution in [0.15, 0.2) is 12.7 Å². The van der Waals surface area contributed by atoms with Gasteiger partial charge in [-0.3, -0.25) is 13.9 Å². The summed E-state index contributed by atoms with van der Waals surface area (Å²) < 4.78 is 36.4. The SMILES string of the molecule is C=C[C@@H]1C[C@]1(N)C(=O)OCC.O=S(=O)(O)O. The second-order valence-electron chi connectivity index (χ2n) is 3.25. The minimum Gasteiger partial charge on any atom is -0.465 e. The van der Waals surface area contributed by atoms with Crippen LogP contribution in [0, 0.1) is 5.92 Å². The van der Waals surface area contributed by atoms with Crippen LogP contribution in [0.5, 0.6) is 0 Å². The Labute approximate surface area is 93.9 Å². The van der Waals surface area contributed by atoms with Gasteiger partial charge in [0.25, 0.3) is 0 Å². The number of hydrogen-bond donors (Lipinski definition) is 3. The van der Waals surface area contributed by atoms with Crippen LogP contribution >= 0.6 is 0 Å². The molecule has 0 heterocycles. The lowest BCUT2D eigenvalue weighted by Gasteiger charge is -2.07. The molecule has 94 valence electrons. The molecule has 0 unspecified atom stereocenters. The Morgan fingerprint density at radius 2 is 2.12 bits per heavy atom. The molecule has 0 aromatic heterocycles. The smallest absolute Gasteiger partial charge is 0.394 e. The normalized spacial score (nSPS) is 27.4. The van der Waals surface area contributed by atoms with Crippen molar-refractivity contribution in [1.82, 2.24) is 0 Å². The van der Waals surface area contributed by atoms with Crippen molar-refractivity contribution in [3.05, 3.63) is 12.7 Å². The summed E-state index contributed by atoms with van der Waals surface area (Å²) in [7, 11) is -4.67. The summed E-state index contributed by atoms with van der Waals surface area (Å²) in [5.41, 5.74) is 4.93. The molecule has 16 heavy (non-hydrogen) atoms. The van der Waals surface area contributed by atoms with Gasteiger partial charge in [0, 0.05) is 5.92 Å². The maximum Gasteiger partial charge on any atom is 0.394 e. The zero-order valence-corrected chi connectivity index (χ0v) is 9.61. The van der Waals surface area contributed by atoms with Gasteiger partial charge in [-0.25, -0.2) is 0 Å². The Kier molecular flexibility index (Phi) is 5.07. The third kappa shape index (κ3) is 5.21. The molecule has 7 nitrogen and oxygen atoms in total. The second kappa shape index (κ2) is 5.39. The lowest BCUT2D eigenvalue weighted by atomic mass is 10.2. The topological polar surface area (TPSA) is 127 Å². The summed E-state index contributed by atoms with van der Waals surface area (Å²) in [5, 5.41) is 0. The molecule has 0 radical (unpaired) electrons. The van der Waals surface area contributed by atoms with Gasteiger partial charge in [0.2, 0.25) is 0 Å². The van der Waals surface area contributed by atoms with E-state index < -0.39 is 15.9 Å². The number of carbonyl (C=O) groups is 1. The zero-order valence-electron chi connectivity index (χ0n) is 8.79. The van der Waals surface area contributed by atoms with E-state index in [9.17, 15) is 4.79 Å². The summed E-state index contributed by atoms with van der Waals surface area (Å²) in [4.78, 5) is 11.1. The highest BCUT2D eigenvalue weighted by atomic mass is 32.3. The number of hydrogen-bond acceptors (Lipinski definition) is 5. The van der Waals surface area contributed by atoms with Crippen LogP contribution in [0.1, 0.15) is 13.3 Å². The Balaban J connectivity index is 0.000000385. The highest BCUT2D eigenvalue weighted by molar-refractivity contribution is 7.79.